The summed E-state index contributed by atoms with van der Waals surface area (Å²) in [6.45, 7) is 5.36. The Kier molecular flexibility index (Phi) is 4.97. The second-order valence-electron chi connectivity index (χ2n) is 7.55. The van der Waals surface area contributed by atoms with Crippen LogP contribution in [-0.2, 0) is 19.1 Å². The Balaban J connectivity index is 2.11. The molecule has 1 atom stereocenters. The number of hydrogen-bond acceptors (Lipinski definition) is 5. The van der Waals surface area contributed by atoms with Crippen LogP contribution in [0.2, 0.25) is 0 Å². The minimum atomic E-state index is -1.47. The van der Waals surface area contributed by atoms with Crippen molar-refractivity contribution in [3.05, 3.63) is 0 Å². The van der Waals surface area contributed by atoms with E-state index < -0.39 is 41.0 Å². The summed E-state index contributed by atoms with van der Waals surface area (Å²) in [5, 5.41) is 18.8. The summed E-state index contributed by atoms with van der Waals surface area (Å²) in [6, 6.07) is 0. The summed E-state index contributed by atoms with van der Waals surface area (Å²) in [6.07, 6.45) is -0.637. The van der Waals surface area contributed by atoms with Gasteiger partial charge in [0.1, 0.15) is 11.1 Å². The Morgan fingerprint density at radius 2 is 1.72 bits per heavy atom. The largest absolute Gasteiger partial charge is 0.481 e. The van der Waals surface area contributed by atoms with Crippen molar-refractivity contribution in [1.29, 1.82) is 0 Å². The lowest BCUT2D eigenvalue weighted by Crippen LogP contribution is -2.61. The molecule has 9 heteroatoms. The maximum absolute atomic E-state index is 12.2. The molecule has 0 aliphatic carbocycles. The number of ether oxygens (including phenoxy) is 1. The van der Waals surface area contributed by atoms with Gasteiger partial charge in [-0.3, -0.25) is 9.59 Å². The van der Waals surface area contributed by atoms with Crippen molar-refractivity contribution >= 4 is 23.9 Å². The average molecular weight is 356 g/mol. The topological polar surface area (TPSA) is 124 Å². The molecule has 2 amide bonds. The van der Waals surface area contributed by atoms with Gasteiger partial charge in [-0.05, 0) is 33.6 Å². The van der Waals surface area contributed by atoms with E-state index in [2.05, 4.69) is 0 Å². The van der Waals surface area contributed by atoms with Crippen molar-refractivity contribution in [1.82, 2.24) is 9.80 Å². The van der Waals surface area contributed by atoms with Crippen molar-refractivity contribution in [2.45, 2.75) is 51.2 Å². The SMILES string of the molecule is CC(C)(C)OC(=O)N1CCC(C(=O)O)(N2CC(C(=O)O)CC2=O)CC1. The normalized spacial score (nSPS) is 23.5. The predicted octanol–water partition coefficient (Wildman–Crippen LogP) is 0.774. The fourth-order valence-corrected chi connectivity index (χ4v) is 3.27. The summed E-state index contributed by atoms with van der Waals surface area (Å²) < 4.78 is 5.28. The predicted molar refractivity (Wildman–Crippen MR) is 84.9 cm³/mol. The standard InChI is InChI=1S/C16H24N2O7/c1-15(2,3)25-14(24)17-6-4-16(5-7-17,13(22)23)18-9-10(12(20)21)8-11(18)19/h10H,4-9H2,1-3H3,(H,20,21)(H,22,23). The molecule has 0 saturated carbocycles. The third-order valence-electron chi connectivity index (χ3n) is 4.63. The number of nitrogens with zero attached hydrogens (tertiary/aromatic N) is 2. The molecule has 2 aliphatic rings. The van der Waals surface area contributed by atoms with E-state index in [9.17, 15) is 24.3 Å². The molecular weight excluding hydrogens is 332 g/mol. The van der Waals surface area contributed by atoms with Gasteiger partial charge in [0, 0.05) is 26.1 Å². The first kappa shape index (κ1) is 19.0. The molecule has 2 N–H and O–H groups in total. The Morgan fingerprint density at radius 3 is 2.12 bits per heavy atom. The molecule has 2 saturated heterocycles. The van der Waals surface area contributed by atoms with Crippen LogP contribution in [0.1, 0.15) is 40.0 Å². The van der Waals surface area contributed by atoms with Gasteiger partial charge in [-0.2, -0.15) is 0 Å². The molecule has 2 rings (SSSR count). The van der Waals surface area contributed by atoms with Gasteiger partial charge >= 0.3 is 18.0 Å². The number of piperidine rings is 1. The quantitative estimate of drug-likeness (QED) is 0.765. The number of amides is 2. The van der Waals surface area contributed by atoms with Crippen molar-refractivity contribution in [3.63, 3.8) is 0 Å². The van der Waals surface area contributed by atoms with Crippen molar-refractivity contribution in [3.8, 4) is 0 Å². The third-order valence-corrected chi connectivity index (χ3v) is 4.63. The van der Waals surface area contributed by atoms with Crippen molar-refractivity contribution in [2.24, 2.45) is 5.92 Å². The average Bonchev–Trinajstić information content (AvgIpc) is 2.88. The molecule has 1 unspecified atom stereocenters. The van der Waals surface area contributed by atoms with E-state index in [1.165, 1.54) is 9.80 Å². The van der Waals surface area contributed by atoms with Gasteiger partial charge in [0.25, 0.3) is 0 Å². The summed E-state index contributed by atoms with van der Waals surface area (Å²) in [7, 11) is 0. The van der Waals surface area contributed by atoms with Crippen LogP contribution in [0.15, 0.2) is 0 Å². The first-order chi connectivity index (χ1) is 11.5. The highest BCUT2D eigenvalue weighted by molar-refractivity contribution is 5.92. The molecule has 0 spiro atoms. The fraction of sp³-hybridized carbons (Fsp3) is 0.750. The van der Waals surface area contributed by atoms with E-state index in [4.69, 9.17) is 9.84 Å². The van der Waals surface area contributed by atoms with Gasteiger partial charge in [-0.25, -0.2) is 9.59 Å². The Hall–Kier alpha value is -2.32. The lowest BCUT2D eigenvalue weighted by molar-refractivity contribution is -0.161. The van der Waals surface area contributed by atoms with Crippen LogP contribution in [0.5, 0.6) is 0 Å². The number of aliphatic carboxylic acids is 2. The first-order valence-corrected chi connectivity index (χ1v) is 8.21. The number of carboxylic acids is 2. The monoisotopic (exact) mass is 356 g/mol. The van der Waals surface area contributed by atoms with Gasteiger partial charge < -0.3 is 24.7 Å². The number of rotatable bonds is 3. The Bertz CT molecular complexity index is 588. The first-order valence-electron chi connectivity index (χ1n) is 8.21. The number of carbonyl (C=O) groups is 4. The van der Waals surface area contributed by atoms with E-state index in [1.807, 2.05) is 0 Å². The molecule has 2 aliphatic heterocycles. The van der Waals surface area contributed by atoms with Crippen LogP contribution in [0.4, 0.5) is 4.79 Å². The molecule has 2 heterocycles. The summed E-state index contributed by atoms with van der Waals surface area (Å²) in [5.41, 5.74) is -2.13. The Morgan fingerprint density at radius 1 is 1.16 bits per heavy atom. The lowest BCUT2D eigenvalue weighted by atomic mass is 9.85. The minimum absolute atomic E-state index is 0.0413. The molecule has 0 radical (unpaired) electrons. The van der Waals surface area contributed by atoms with E-state index in [-0.39, 0.29) is 38.9 Å². The number of hydrogen-bond donors (Lipinski definition) is 2. The van der Waals surface area contributed by atoms with Crippen molar-refractivity contribution in [2.75, 3.05) is 19.6 Å². The molecule has 2 fully saturated rings. The van der Waals surface area contributed by atoms with Crippen LogP contribution < -0.4 is 0 Å². The molecule has 9 nitrogen and oxygen atoms in total. The highest BCUT2D eigenvalue weighted by Gasteiger charge is 2.53. The molecular formula is C16H24N2O7. The fourth-order valence-electron chi connectivity index (χ4n) is 3.27. The molecule has 140 valence electrons. The molecule has 25 heavy (non-hydrogen) atoms. The lowest BCUT2D eigenvalue weighted by Gasteiger charge is -2.44. The van der Waals surface area contributed by atoms with E-state index in [0.717, 1.165) is 0 Å². The van der Waals surface area contributed by atoms with Crippen LogP contribution in [0, 0.1) is 5.92 Å². The maximum atomic E-state index is 12.2. The zero-order valence-corrected chi connectivity index (χ0v) is 14.7. The number of likely N-dealkylation sites (tertiary alicyclic amines) is 2. The second kappa shape index (κ2) is 6.53. The highest BCUT2D eigenvalue weighted by Crippen LogP contribution is 2.35. The molecule has 0 aromatic carbocycles. The zero-order valence-electron chi connectivity index (χ0n) is 14.7. The molecule has 0 bridgehead atoms. The van der Waals surface area contributed by atoms with Gasteiger partial charge in [0.2, 0.25) is 5.91 Å². The minimum Gasteiger partial charge on any atom is -0.481 e. The van der Waals surface area contributed by atoms with Crippen LogP contribution in [0.25, 0.3) is 0 Å². The van der Waals surface area contributed by atoms with E-state index in [0.29, 0.717) is 0 Å². The second-order valence-corrected chi connectivity index (χ2v) is 7.55. The smallest absolute Gasteiger partial charge is 0.410 e. The van der Waals surface area contributed by atoms with Gasteiger partial charge in [0.05, 0.1) is 5.92 Å². The van der Waals surface area contributed by atoms with E-state index in [1.54, 1.807) is 20.8 Å². The summed E-state index contributed by atoms with van der Waals surface area (Å²) in [4.78, 5) is 49.9. The van der Waals surface area contributed by atoms with E-state index >= 15 is 0 Å². The van der Waals surface area contributed by atoms with Gasteiger partial charge in [0.15, 0.2) is 0 Å². The van der Waals surface area contributed by atoms with Crippen LogP contribution in [-0.4, -0.2) is 74.7 Å². The number of carbonyl (C=O) groups excluding carboxylic acids is 2. The van der Waals surface area contributed by atoms with Gasteiger partial charge in [-0.15, -0.1) is 0 Å². The van der Waals surface area contributed by atoms with Crippen LogP contribution >= 0.6 is 0 Å². The Labute approximate surface area is 145 Å². The zero-order chi connectivity index (χ0) is 19.0. The molecule has 0 aromatic rings. The maximum Gasteiger partial charge on any atom is 0.410 e. The summed E-state index contributed by atoms with van der Waals surface area (Å²) >= 11 is 0. The van der Waals surface area contributed by atoms with Gasteiger partial charge in [-0.1, -0.05) is 0 Å². The number of carboxylic acid groups (broad SMARTS) is 2. The van der Waals surface area contributed by atoms with Crippen LogP contribution in [0.3, 0.4) is 0 Å². The summed E-state index contributed by atoms with van der Waals surface area (Å²) in [5.74, 6) is -3.65. The molecule has 0 aromatic heterocycles. The van der Waals surface area contributed by atoms with Crippen molar-refractivity contribution < 1.29 is 34.1 Å². The highest BCUT2D eigenvalue weighted by atomic mass is 16.6. The third kappa shape index (κ3) is 3.85.